The first-order chi connectivity index (χ1) is 15.0. The minimum Gasteiger partial charge on any atom is -0.497 e. The van der Waals surface area contributed by atoms with Crippen molar-refractivity contribution in [3.8, 4) is 11.5 Å². The highest BCUT2D eigenvalue weighted by Crippen LogP contribution is 2.60. The van der Waals surface area contributed by atoms with Crippen LogP contribution >= 0.6 is 0 Å². The molecule has 2 aromatic carbocycles. The number of ether oxygens (including phenoxy) is 2. The number of anilines is 1. The van der Waals surface area contributed by atoms with Crippen LogP contribution in [0, 0.1) is 17.3 Å². The first-order valence-electron chi connectivity index (χ1n) is 11.7. The van der Waals surface area contributed by atoms with Gasteiger partial charge in [-0.3, -0.25) is 0 Å². The van der Waals surface area contributed by atoms with Crippen LogP contribution < -0.4 is 14.8 Å². The van der Waals surface area contributed by atoms with E-state index in [0.717, 1.165) is 36.4 Å². The van der Waals surface area contributed by atoms with Gasteiger partial charge < -0.3 is 14.8 Å². The van der Waals surface area contributed by atoms with Crippen LogP contribution in [0.1, 0.15) is 56.1 Å². The largest absolute Gasteiger partial charge is 0.497 e. The zero-order valence-corrected chi connectivity index (χ0v) is 18.9. The van der Waals surface area contributed by atoms with Crippen molar-refractivity contribution >= 4 is 5.69 Å². The van der Waals surface area contributed by atoms with Gasteiger partial charge in [-0.05, 0) is 109 Å². The van der Waals surface area contributed by atoms with E-state index in [9.17, 15) is 0 Å². The van der Waals surface area contributed by atoms with Gasteiger partial charge in [0.15, 0.2) is 0 Å². The first-order valence-corrected chi connectivity index (χ1v) is 11.7. The summed E-state index contributed by atoms with van der Waals surface area (Å²) in [5.74, 6) is 3.33. The third-order valence-electron chi connectivity index (χ3n) is 8.60. The van der Waals surface area contributed by atoms with Crippen LogP contribution in [0.25, 0.3) is 0 Å². The standard InChI is InChI=1S/C27H34FNO2/c1-27-13-12-23-22-11-9-21(31-3)14-17(22)4-10-24(23)25(27)15-18(28)16-26(27)29-19-5-7-20(30-2)8-6-19/h5-9,11,14,18,23-26,29H,4,10,12-13,15-16H2,1-3H3/t18-,23+,24+,25-,26-,27-/m0/s1. The molecule has 2 aromatic rings. The number of halogens is 1. The van der Waals surface area contributed by atoms with Gasteiger partial charge in [0, 0.05) is 11.7 Å². The van der Waals surface area contributed by atoms with Gasteiger partial charge in [-0.15, -0.1) is 0 Å². The van der Waals surface area contributed by atoms with E-state index < -0.39 is 6.17 Å². The van der Waals surface area contributed by atoms with Crippen LogP contribution in [0.4, 0.5) is 10.1 Å². The second-order valence-corrected chi connectivity index (χ2v) is 10.0. The van der Waals surface area contributed by atoms with E-state index in [1.165, 1.54) is 17.5 Å². The Morgan fingerprint density at radius 1 is 0.968 bits per heavy atom. The molecule has 0 spiro atoms. The van der Waals surface area contributed by atoms with Crippen LogP contribution in [0.2, 0.25) is 0 Å². The first kappa shape index (κ1) is 20.7. The predicted octanol–water partition coefficient (Wildman–Crippen LogP) is 6.38. The normalized spacial score (nSPS) is 34.1. The molecule has 3 aliphatic rings. The summed E-state index contributed by atoms with van der Waals surface area (Å²) >= 11 is 0. The molecule has 166 valence electrons. The Morgan fingerprint density at radius 3 is 2.45 bits per heavy atom. The van der Waals surface area contributed by atoms with Gasteiger partial charge in [0.05, 0.1) is 14.2 Å². The number of methoxy groups -OCH3 is 2. The summed E-state index contributed by atoms with van der Waals surface area (Å²) in [6, 6.07) is 14.8. The fourth-order valence-electron chi connectivity index (χ4n) is 6.92. The number of hydrogen-bond donors (Lipinski definition) is 1. The zero-order valence-electron chi connectivity index (χ0n) is 18.9. The zero-order chi connectivity index (χ0) is 21.6. The average Bonchev–Trinajstić information content (AvgIpc) is 2.79. The molecule has 0 radical (unpaired) electrons. The molecule has 0 aliphatic heterocycles. The molecule has 3 aliphatic carbocycles. The molecule has 4 heteroatoms. The fraction of sp³-hybridized carbons (Fsp3) is 0.556. The van der Waals surface area contributed by atoms with Crippen LogP contribution in [0.15, 0.2) is 42.5 Å². The highest BCUT2D eigenvalue weighted by atomic mass is 19.1. The summed E-state index contributed by atoms with van der Waals surface area (Å²) < 4.78 is 25.8. The minimum atomic E-state index is -0.732. The van der Waals surface area contributed by atoms with Gasteiger partial charge in [-0.2, -0.15) is 0 Å². The van der Waals surface area contributed by atoms with Gasteiger partial charge in [-0.25, -0.2) is 4.39 Å². The van der Waals surface area contributed by atoms with E-state index in [4.69, 9.17) is 9.47 Å². The summed E-state index contributed by atoms with van der Waals surface area (Å²) in [5, 5.41) is 3.72. The highest BCUT2D eigenvalue weighted by Gasteiger charge is 2.55. The summed E-state index contributed by atoms with van der Waals surface area (Å²) in [6.07, 6.45) is 5.15. The van der Waals surface area contributed by atoms with Crippen molar-refractivity contribution in [2.24, 2.45) is 17.3 Å². The second kappa shape index (κ2) is 8.03. The maximum absolute atomic E-state index is 15.1. The molecule has 0 saturated heterocycles. The summed E-state index contributed by atoms with van der Waals surface area (Å²) in [4.78, 5) is 0. The fourth-order valence-corrected chi connectivity index (χ4v) is 6.92. The van der Waals surface area contributed by atoms with E-state index >= 15 is 4.39 Å². The SMILES string of the molecule is COc1ccc(N[C@H]2C[C@@H](F)C[C@H]3[C@@H]4CCc5cc(OC)ccc5[C@H]4CC[C@]23C)cc1. The van der Waals surface area contributed by atoms with Gasteiger partial charge in [0.1, 0.15) is 17.7 Å². The predicted molar refractivity (Wildman–Crippen MR) is 123 cm³/mol. The van der Waals surface area contributed by atoms with Crippen LogP contribution in [-0.4, -0.2) is 26.4 Å². The monoisotopic (exact) mass is 423 g/mol. The quantitative estimate of drug-likeness (QED) is 0.619. The Labute approximate surface area is 185 Å². The molecular weight excluding hydrogens is 389 g/mol. The summed E-state index contributed by atoms with van der Waals surface area (Å²) in [7, 11) is 3.42. The Kier molecular flexibility index (Phi) is 5.35. The Morgan fingerprint density at radius 2 is 1.71 bits per heavy atom. The molecule has 0 amide bonds. The number of alkyl halides is 1. The van der Waals surface area contributed by atoms with Crippen molar-refractivity contribution < 1.29 is 13.9 Å². The molecular formula is C27H34FNO2. The van der Waals surface area contributed by atoms with Crippen molar-refractivity contribution in [3.05, 3.63) is 53.6 Å². The average molecular weight is 424 g/mol. The maximum atomic E-state index is 15.1. The van der Waals surface area contributed by atoms with Gasteiger partial charge in [0.2, 0.25) is 0 Å². The Balaban J connectivity index is 1.41. The highest BCUT2D eigenvalue weighted by molar-refractivity contribution is 5.48. The molecule has 5 rings (SSSR count). The minimum absolute atomic E-state index is 0.119. The number of rotatable bonds is 4. The maximum Gasteiger partial charge on any atom is 0.119 e. The van der Waals surface area contributed by atoms with Crippen LogP contribution in [0.3, 0.4) is 0 Å². The number of fused-ring (bicyclic) bond motifs is 5. The molecule has 3 nitrogen and oxygen atoms in total. The lowest BCUT2D eigenvalue weighted by atomic mass is 9.49. The third kappa shape index (κ3) is 3.58. The lowest BCUT2D eigenvalue weighted by molar-refractivity contribution is -0.0400. The van der Waals surface area contributed by atoms with E-state index in [-0.39, 0.29) is 11.5 Å². The van der Waals surface area contributed by atoms with Gasteiger partial charge in [0.25, 0.3) is 0 Å². The van der Waals surface area contributed by atoms with Gasteiger partial charge in [-0.1, -0.05) is 13.0 Å². The van der Waals surface area contributed by atoms with Gasteiger partial charge >= 0.3 is 0 Å². The number of hydrogen-bond acceptors (Lipinski definition) is 3. The number of aryl methyl sites for hydroxylation is 1. The van der Waals surface area contributed by atoms with E-state index in [1.807, 2.05) is 12.1 Å². The van der Waals surface area contributed by atoms with Crippen molar-refractivity contribution in [3.63, 3.8) is 0 Å². The van der Waals surface area contributed by atoms with Crippen molar-refractivity contribution in [2.75, 3.05) is 19.5 Å². The molecule has 6 atom stereocenters. The third-order valence-corrected chi connectivity index (χ3v) is 8.60. The molecule has 2 saturated carbocycles. The van der Waals surface area contributed by atoms with Crippen molar-refractivity contribution in [1.29, 1.82) is 0 Å². The topological polar surface area (TPSA) is 30.5 Å². The summed E-state index contributed by atoms with van der Waals surface area (Å²) in [6.45, 7) is 2.42. The van der Waals surface area contributed by atoms with Crippen molar-refractivity contribution in [2.45, 2.75) is 63.6 Å². The molecule has 1 N–H and O–H groups in total. The molecule has 0 bridgehead atoms. The molecule has 2 fully saturated rings. The van der Waals surface area contributed by atoms with Crippen LogP contribution in [0.5, 0.6) is 11.5 Å². The lowest BCUT2D eigenvalue weighted by Crippen LogP contribution is -2.55. The number of benzene rings is 2. The smallest absolute Gasteiger partial charge is 0.119 e. The Bertz CT molecular complexity index is 929. The van der Waals surface area contributed by atoms with Crippen molar-refractivity contribution in [1.82, 2.24) is 0 Å². The lowest BCUT2D eigenvalue weighted by Gasteiger charge is -2.58. The molecule has 31 heavy (non-hydrogen) atoms. The van der Waals surface area contributed by atoms with E-state index in [1.54, 1.807) is 14.2 Å². The molecule has 0 heterocycles. The number of nitrogens with one attached hydrogen (secondary N) is 1. The second-order valence-electron chi connectivity index (χ2n) is 10.0. The Hall–Kier alpha value is -2.23. The molecule has 0 unspecified atom stereocenters. The van der Waals surface area contributed by atoms with E-state index in [2.05, 4.69) is 42.6 Å². The molecule has 0 aromatic heterocycles. The van der Waals surface area contributed by atoms with E-state index in [0.29, 0.717) is 30.6 Å². The van der Waals surface area contributed by atoms with Crippen LogP contribution in [-0.2, 0) is 6.42 Å². The summed E-state index contributed by atoms with van der Waals surface area (Å²) in [5.41, 5.74) is 4.10.